The first-order valence-corrected chi connectivity index (χ1v) is 13.1. The van der Waals surface area contributed by atoms with Crippen molar-refractivity contribution in [1.82, 2.24) is 4.40 Å². The van der Waals surface area contributed by atoms with Gasteiger partial charge in [-0.25, -0.2) is 4.99 Å². The van der Waals surface area contributed by atoms with Crippen LogP contribution in [0.1, 0.15) is 0 Å². The van der Waals surface area contributed by atoms with Crippen LogP contribution in [0.3, 0.4) is 0 Å². The molecular weight excluding hydrogens is 458 g/mol. The summed E-state index contributed by atoms with van der Waals surface area (Å²) in [6.07, 6.45) is 8.49. The van der Waals surface area contributed by atoms with E-state index in [9.17, 15) is 0 Å². The molecule has 0 bridgehead atoms. The Balaban J connectivity index is 1.51. The summed E-state index contributed by atoms with van der Waals surface area (Å²) in [5, 5.41) is 10.3. The monoisotopic (exact) mass is 477 g/mol. The van der Waals surface area contributed by atoms with E-state index in [4.69, 9.17) is 4.99 Å². The van der Waals surface area contributed by atoms with Crippen LogP contribution in [0.15, 0.2) is 108 Å². The molecule has 4 heteroatoms. The van der Waals surface area contributed by atoms with Crippen LogP contribution in [-0.4, -0.2) is 16.2 Å². The average Bonchev–Trinajstić information content (AvgIpc) is 3.58. The molecule has 1 aliphatic heterocycles. The molecule has 0 saturated heterocycles. The molecule has 0 radical (unpaired) electrons. The maximum absolute atomic E-state index is 5.25. The summed E-state index contributed by atoms with van der Waals surface area (Å²) in [6.45, 7) is 0. The lowest BCUT2D eigenvalue weighted by Crippen LogP contribution is -2.29. The topological polar surface area (TPSA) is 28.8 Å². The molecule has 0 amide bonds. The highest BCUT2D eigenvalue weighted by Gasteiger charge is 2.29. The number of aliphatic imine (C=N–C) groups is 1. The zero-order chi connectivity index (χ0) is 23.4. The lowest BCUT2D eigenvalue weighted by Gasteiger charge is -2.23. The second-order valence-electron chi connectivity index (χ2n) is 9.66. The number of nitrogens with one attached hydrogen (secondary N) is 1. The third kappa shape index (κ3) is 2.30. The maximum atomic E-state index is 5.25. The van der Waals surface area contributed by atoms with Crippen molar-refractivity contribution in [2.24, 2.45) is 4.99 Å². The van der Waals surface area contributed by atoms with E-state index in [0.717, 1.165) is 17.2 Å². The quantitative estimate of drug-likeness (QED) is 0.252. The molecule has 0 spiro atoms. The molecule has 1 N–H and O–H groups in total. The van der Waals surface area contributed by atoms with E-state index in [1.807, 2.05) is 11.3 Å². The minimum Gasteiger partial charge on any atom is -0.370 e. The molecule has 1 atom stereocenters. The van der Waals surface area contributed by atoms with Crippen molar-refractivity contribution >= 4 is 75.9 Å². The molecule has 9 rings (SSSR count). The van der Waals surface area contributed by atoms with Gasteiger partial charge in [-0.3, -0.25) is 4.40 Å². The summed E-state index contributed by atoms with van der Waals surface area (Å²) in [4.78, 5) is 5.25. The number of nitrogens with zero attached hydrogens (tertiary/aromatic N) is 2. The highest BCUT2D eigenvalue weighted by Crippen LogP contribution is 2.50. The predicted octanol–water partition coefficient (Wildman–Crippen LogP) is 8.71. The first-order chi connectivity index (χ1) is 17.8. The number of thiophene rings is 1. The van der Waals surface area contributed by atoms with Gasteiger partial charge in [0, 0.05) is 31.6 Å². The van der Waals surface area contributed by atoms with Crippen LogP contribution in [-0.2, 0) is 0 Å². The lowest BCUT2D eigenvalue weighted by atomic mass is 9.99. The summed E-state index contributed by atoms with van der Waals surface area (Å²) in [7, 11) is 0. The van der Waals surface area contributed by atoms with Crippen LogP contribution in [0.25, 0.3) is 58.5 Å². The summed E-state index contributed by atoms with van der Waals surface area (Å²) in [5.74, 6) is 1.01. The normalized spacial score (nSPS) is 16.8. The predicted molar refractivity (Wildman–Crippen MR) is 155 cm³/mol. The Labute approximate surface area is 210 Å². The number of rotatable bonds is 1. The smallest absolute Gasteiger partial charge is 0.162 e. The van der Waals surface area contributed by atoms with Gasteiger partial charge in [-0.1, -0.05) is 78.9 Å². The largest absolute Gasteiger partial charge is 0.370 e. The highest BCUT2D eigenvalue weighted by atomic mass is 32.1. The highest BCUT2D eigenvalue weighted by molar-refractivity contribution is 7.26. The van der Waals surface area contributed by atoms with Crippen molar-refractivity contribution in [3.63, 3.8) is 0 Å². The number of hydrogen-bond acceptors (Lipinski definition) is 3. The van der Waals surface area contributed by atoms with Gasteiger partial charge in [-0.2, -0.15) is 0 Å². The second kappa shape index (κ2) is 6.62. The molecule has 1 aliphatic carbocycles. The van der Waals surface area contributed by atoms with Gasteiger partial charge in [-0.05, 0) is 35.4 Å². The van der Waals surface area contributed by atoms with Gasteiger partial charge in [0.15, 0.2) is 5.82 Å². The Bertz CT molecular complexity index is 2120. The summed E-state index contributed by atoms with van der Waals surface area (Å²) >= 11 is 1.88. The Morgan fingerprint density at radius 2 is 1.56 bits per heavy atom. The van der Waals surface area contributed by atoms with E-state index >= 15 is 0 Å². The zero-order valence-corrected chi connectivity index (χ0v) is 20.0. The number of anilines is 1. The molecule has 168 valence electrons. The Morgan fingerprint density at radius 3 is 2.50 bits per heavy atom. The Kier molecular flexibility index (Phi) is 3.47. The Hall–Kier alpha value is -4.41. The number of aromatic nitrogens is 1. The molecule has 7 aromatic rings. The van der Waals surface area contributed by atoms with Gasteiger partial charge in [-0.15, -0.1) is 11.3 Å². The summed E-state index contributed by atoms with van der Waals surface area (Å²) in [5.41, 5.74) is 7.17. The van der Waals surface area contributed by atoms with E-state index in [1.165, 1.54) is 58.5 Å². The standard InChI is InChI=1S/C32H19N3S/c1-2-8-18(9-3-1)19-16-23-21-14-15-22-20-10-4-7-13-27(20)36-31(22)30(21)35-29(23)24(17-19)28-32(35)34-26-12-6-5-11-25(26)33-28/h1-17,25,33H. The Morgan fingerprint density at radius 1 is 0.722 bits per heavy atom. The van der Waals surface area contributed by atoms with Crippen molar-refractivity contribution in [2.75, 3.05) is 5.32 Å². The van der Waals surface area contributed by atoms with Crippen LogP contribution in [0.2, 0.25) is 0 Å². The average molecular weight is 478 g/mol. The minimum absolute atomic E-state index is 0.101. The van der Waals surface area contributed by atoms with Crippen molar-refractivity contribution < 1.29 is 0 Å². The first kappa shape index (κ1) is 18.9. The van der Waals surface area contributed by atoms with Crippen LogP contribution in [0.4, 0.5) is 11.5 Å². The molecule has 4 aromatic carbocycles. The van der Waals surface area contributed by atoms with Crippen LogP contribution in [0, 0.1) is 0 Å². The van der Waals surface area contributed by atoms with Crippen molar-refractivity contribution in [3.8, 4) is 11.1 Å². The summed E-state index contributed by atoms with van der Waals surface area (Å²) in [6, 6.07) is 28.9. The third-order valence-corrected chi connectivity index (χ3v) is 8.91. The van der Waals surface area contributed by atoms with E-state index in [-0.39, 0.29) is 6.04 Å². The molecule has 2 aliphatic rings. The van der Waals surface area contributed by atoms with E-state index in [0.29, 0.717) is 0 Å². The minimum atomic E-state index is 0.101. The van der Waals surface area contributed by atoms with Crippen LogP contribution in [0.5, 0.6) is 0 Å². The number of fused-ring (bicyclic) bond motifs is 11. The van der Waals surface area contributed by atoms with Crippen LogP contribution >= 0.6 is 11.3 Å². The van der Waals surface area contributed by atoms with Gasteiger partial charge in [0.25, 0.3) is 0 Å². The lowest BCUT2D eigenvalue weighted by molar-refractivity contribution is 1.11. The van der Waals surface area contributed by atoms with Crippen molar-refractivity contribution in [3.05, 3.63) is 103 Å². The number of benzene rings is 4. The molecule has 36 heavy (non-hydrogen) atoms. The number of allylic oxidation sites excluding steroid dienone is 2. The third-order valence-electron chi connectivity index (χ3n) is 7.72. The summed E-state index contributed by atoms with van der Waals surface area (Å²) < 4.78 is 5.07. The van der Waals surface area contributed by atoms with Gasteiger partial charge < -0.3 is 5.32 Å². The fraction of sp³-hybridized carbons (Fsp3) is 0.0312. The SMILES string of the molecule is C1=CC2=Nc3c(c4cc(-c5ccccc5)cc5c6ccc7c8ccccc8sc7c6n3c45)NC2C=C1. The molecule has 3 nitrogen and oxygen atoms in total. The second-order valence-corrected chi connectivity index (χ2v) is 10.7. The fourth-order valence-corrected chi connectivity index (χ4v) is 7.37. The molecular formula is C32H19N3S. The molecule has 0 saturated carbocycles. The molecule has 0 fully saturated rings. The molecule has 3 aromatic heterocycles. The van der Waals surface area contributed by atoms with Gasteiger partial charge in [0.05, 0.1) is 33.2 Å². The fourth-order valence-electron chi connectivity index (χ4n) is 6.12. The van der Waals surface area contributed by atoms with E-state index < -0.39 is 0 Å². The van der Waals surface area contributed by atoms with Gasteiger partial charge >= 0.3 is 0 Å². The van der Waals surface area contributed by atoms with Gasteiger partial charge in [0.2, 0.25) is 0 Å². The van der Waals surface area contributed by atoms with Crippen molar-refractivity contribution in [2.45, 2.75) is 6.04 Å². The number of hydrogen-bond donors (Lipinski definition) is 1. The first-order valence-electron chi connectivity index (χ1n) is 12.3. The van der Waals surface area contributed by atoms with Crippen molar-refractivity contribution in [1.29, 1.82) is 0 Å². The molecule has 4 heterocycles. The van der Waals surface area contributed by atoms with Crippen LogP contribution < -0.4 is 5.32 Å². The molecule has 1 unspecified atom stereocenters. The van der Waals surface area contributed by atoms with E-state index in [2.05, 4.69) is 113 Å². The van der Waals surface area contributed by atoms with Gasteiger partial charge in [0.1, 0.15) is 0 Å². The maximum Gasteiger partial charge on any atom is 0.162 e. The zero-order valence-electron chi connectivity index (χ0n) is 19.2. The van der Waals surface area contributed by atoms with E-state index in [1.54, 1.807) is 0 Å².